The minimum absolute atomic E-state index is 0.285. The van der Waals surface area contributed by atoms with E-state index in [0.29, 0.717) is 10.0 Å². The molecule has 0 bridgehead atoms. The zero-order valence-corrected chi connectivity index (χ0v) is 16.7. The van der Waals surface area contributed by atoms with Crippen molar-refractivity contribution >= 4 is 22.3 Å². The van der Waals surface area contributed by atoms with Crippen molar-refractivity contribution in [1.82, 2.24) is 14.9 Å². The van der Waals surface area contributed by atoms with Gasteiger partial charge in [-0.15, -0.1) is 0 Å². The molecule has 0 spiro atoms. The molecule has 1 N–H and O–H groups in total. The van der Waals surface area contributed by atoms with E-state index in [1.807, 2.05) is 12.1 Å². The maximum Gasteiger partial charge on any atom is 0.189 e. The number of furan rings is 1. The summed E-state index contributed by atoms with van der Waals surface area (Å²) < 4.78 is 5.98. The van der Waals surface area contributed by atoms with Gasteiger partial charge < -0.3 is 9.73 Å². The van der Waals surface area contributed by atoms with Crippen LogP contribution in [0.15, 0.2) is 40.9 Å². The standard InChI is InChI=1S/C21H23N5OS/c1-2-5-15-9-10-16(27-15)14-26-11-4-7-19(26)18-6-3-8-20(24-18)25-21-23-13-17(12-22)28-21/h3,6,8-10,13,19H,2,4-5,7,11,14H2,1H3,(H,23,24,25)/t19-/m1/s1. The highest BCUT2D eigenvalue weighted by Crippen LogP contribution is 2.33. The van der Waals surface area contributed by atoms with E-state index in [9.17, 15) is 0 Å². The van der Waals surface area contributed by atoms with Crippen molar-refractivity contribution in [1.29, 1.82) is 5.26 Å². The van der Waals surface area contributed by atoms with Crippen LogP contribution in [-0.2, 0) is 13.0 Å². The zero-order chi connectivity index (χ0) is 19.3. The topological polar surface area (TPSA) is 78.0 Å². The van der Waals surface area contributed by atoms with Crippen LogP contribution < -0.4 is 5.32 Å². The van der Waals surface area contributed by atoms with Crippen molar-refractivity contribution in [2.45, 2.75) is 45.2 Å². The third kappa shape index (κ3) is 4.24. The van der Waals surface area contributed by atoms with Crippen molar-refractivity contribution in [3.63, 3.8) is 0 Å². The average Bonchev–Trinajstić information content (AvgIpc) is 3.44. The lowest BCUT2D eigenvalue weighted by molar-refractivity contribution is 0.222. The number of anilines is 2. The SMILES string of the molecule is CCCc1ccc(CN2CCC[C@@H]2c2cccc(Nc3ncc(C#N)s3)n2)o1. The molecular weight excluding hydrogens is 370 g/mol. The van der Waals surface area contributed by atoms with Gasteiger partial charge in [0.05, 0.1) is 24.5 Å². The Morgan fingerprint density at radius 1 is 1.32 bits per heavy atom. The van der Waals surface area contributed by atoms with Gasteiger partial charge in [0.15, 0.2) is 5.13 Å². The molecule has 3 aromatic rings. The summed E-state index contributed by atoms with van der Waals surface area (Å²) >= 11 is 1.33. The van der Waals surface area contributed by atoms with Crippen molar-refractivity contribution in [3.05, 3.63) is 58.6 Å². The number of hydrogen-bond donors (Lipinski definition) is 1. The molecule has 144 valence electrons. The fraction of sp³-hybridized carbons (Fsp3) is 0.381. The van der Waals surface area contributed by atoms with Crippen molar-refractivity contribution in [2.75, 3.05) is 11.9 Å². The highest BCUT2D eigenvalue weighted by atomic mass is 32.1. The number of likely N-dealkylation sites (tertiary alicyclic amines) is 1. The van der Waals surface area contributed by atoms with Crippen molar-refractivity contribution < 1.29 is 4.42 Å². The summed E-state index contributed by atoms with van der Waals surface area (Å²) in [5.41, 5.74) is 1.06. The molecule has 0 aliphatic carbocycles. The van der Waals surface area contributed by atoms with E-state index in [2.05, 4.69) is 46.4 Å². The Labute approximate surface area is 168 Å². The first-order valence-corrected chi connectivity index (χ1v) is 10.5. The maximum absolute atomic E-state index is 8.95. The molecule has 3 aromatic heterocycles. The smallest absolute Gasteiger partial charge is 0.189 e. The summed E-state index contributed by atoms with van der Waals surface area (Å²) in [5, 5.41) is 12.8. The van der Waals surface area contributed by atoms with Crippen LogP contribution in [0.1, 0.15) is 54.3 Å². The number of pyridine rings is 1. The van der Waals surface area contributed by atoms with Crippen LogP contribution in [-0.4, -0.2) is 21.4 Å². The van der Waals surface area contributed by atoms with E-state index in [1.165, 1.54) is 11.3 Å². The monoisotopic (exact) mass is 393 g/mol. The van der Waals surface area contributed by atoms with Crippen LogP contribution in [0.2, 0.25) is 0 Å². The molecule has 0 radical (unpaired) electrons. The summed E-state index contributed by atoms with van der Waals surface area (Å²) in [6.07, 6.45) is 5.91. The molecule has 1 fully saturated rings. The number of hydrogen-bond acceptors (Lipinski definition) is 7. The largest absolute Gasteiger partial charge is 0.465 e. The molecule has 0 amide bonds. The van der Waals surface area contributed by atoms with E-state index in [1.54, 1.807) is 6.20 Å². The highest BCUT2D eigenvalue weighted by Gasteiger charge is 2.28. The Hall–Kier alpha value is -2.69. The van der Waals surface area contributed by atoms with Crippen LogP contribution in [0.4, 0.5) is 10.9 Å². The second-order valence-electron chi connectivity index (χ2n) is 6.96. The van der Waals surface area contributed by atoms with Gasteiger partial charge in [0.25, 0.3) is 0 Å². The van der Waals surface area contributed by atoms with Crippen molar-refractivity contribution in [2.24, 2.45) is 0 Å². The van der Waals surface area contributed by atoms with E-state index in [0.717, 1.165) is 61.8 Å². The molecule has 28 heavy (non-hydrogen) atoms. The lowest BCUT2D eigenvalue weighted by Crippen LogP contribution is -2.23. The summed E-state index contributed by atoms with van der Waals surface area (Å²) in [6, 6.07) is 12.6. The number of nitrogens with one attached hydrogen (secondary N) is 1. The summed E-state index contributed by atoms with van der Waals surface area (Å²) in [4.78, 5) is 12.1. The lowest BCUT2D eigenvalue weighted by atomic mass is 10.1. The Morgan fingerprint density at radius 2 is 2.21 bits per heavy atom. The van der Waals surface area contributed by atoms with Crippen LogP contribution >= 0.6 is 11.3 Å². The van der Waals surface area contributed by atoms with Gasteiger partial charge in [0.1, 0.15) is 28.3 Å². The fourth-order valence-corrected chi connectivity index (χ4v) is 4.26. The van der Waals surface area contributed by atoms with E-state index >= 15 is 0 Å². The molecule has 0 unspecified atom stereocenters. The Morgan fingerprint density at radius 3 is 3.04 bits per heavy atom. The second kappa shape index (κ2) is 8.55. The number of nitrogens with zero attached hydrogens (tertiary/aromatic N) is 4. The van der Waals surface area contributed by atoms with E-state index in [4.69, 9.17) is 14.7 Å². The quantitative estimate of drug-likeness (QED) is 0.606. The minimum Gasteiger partial charge on any atom is -0.465 e. The highest BCUT2D eigenvalue weighted by molar-refractivity contribution is 7.16. The predicted octanol–water partition coefficient (Wildman–Crippen LogP) is 5.04. The number of thiazole rings is 1. The Kier molecular flexibility index (Phi) is 5.70. The average molecular weight is 394 g/mol. The minimum atomic E-state index is 0.285. The zero-order valence-electron chi connectivity index (χ0n) is 15.9. The Balaban J connectivity index is 1.46. The first kappa shape index (κ1) is 18.7. The molecule has 6 nitrogen and oxygen atoms in total. The van der Waals surface area contributed by atoms with Gasteiger partial charge in [-0.05, 0) is 50.1 Å². The molecule has 4 rings (SSSR count). The van der Waals surface area contributed by atoms with Crippen LogP contribution in [0.25, 0.3) is 0 Å². The number of rotatable bonds is 7. The van der Waals surface area contributed by atoms with Gasteiger partial charge in [0, 0.05) is 6.42 Å². The molecule has 1 aliphatic heterocycles. The molecule has 1 aliphatic rings. The number of aromatic nitrogens is 2. The molecule has 4 heterocycles. The summed E-state index contributed by atoms with van der Waals surface area (Å²) in [7, 11) is 0. The molecule has 7 heteroatoms. The molecule has 1 saturated heterocycles. The van der Waals surface area contributed by atoms with Crippen LogP contribution in [0.5, 0.6) is 0 Å². The maximum atomic E-state index is 8.95. The van der Waals surface area contributed by atoms with Gasteiger partial charge in [0.2, 0.25) is 0 Å². The van der Waals surface area contributed by atoms with Gasteiger partial charge in [-0.1, -0.05) is 24.3 Å². The fourth-order valence-electron chi connectivity index (χ4n) is 3.64. The lowest BCUT2D eigenvalue weighted by Gasteiger charge is -2.23. The normalized spacial score (nSPS) is 16.9. The van der Waals surface area contributed by atoms with Gasteiger partial charge in [-0.2, -0.15) is 5.26 Å². The molecule has 0 saturated carbocycles. The van der Waals surface area contributed by atoms with Crippen LogP contribution in [0, 0.1) is 11.3 Å². The second-order valence-corrected chi connectivity index (χ2v) is 7.99. The van der Waals surface area contributed by atoms with Gasteiger partial charge in [-0.25, -0.2) is 9.97 Å². The predicted molar refractivity (Wildman–Crippen MR) is 109 cm³/mol. The summed E-state index contributed by atoms with van der Waals surface area (Å²) in [6.45, 7) is 4.02. The van der Waals surface area contributed by atoms with Crippen LogP contribution in [0.3, 0.4) is 0 Å². The van der Waals surface area contributed by atoms with Crippen molar-refractivity contribution in [3.8, 4) is 6.07 Å². The summed E-state index contributed by atoms with van der Waals surface area (Å²) in [5.74, 6) is 2.85. The molecule has 0 aromatic carbocycles. The number of aryl methyl sites for hydroxylation is 1. The third-order valence-electron chi connectivity index (χ3n) is 4.90. The Bertz CT molecular complexity index is 973. The van der Waals surface area contributed by atoms with Gasteiger partial charge >= 0.3 is 0 Å². The third-order valence-corrected chi connectivity index (χ3v) is 5.72. The van der Waals surface area contributed by atoms with E-state index < -0.39 is 0 Å². The number of nitriles is 1. The first-order valence-electron chi connectivity index (χ1n) is 9.66. The first-order chi connectivity index (χ1) is 13.7. The van der Waals surface area contributed by atoms with E-state index in [-0.39, 0.29) is 6.04 Å². The molecule has 1 atom stereocenters. The van der Waals surface area contributed by atoms with Gasteiger partial charge in [-0.3, -0.25) is 4.90 Å². The molecular formula is C21H23N5OS.